The van der Waals surface area contributed by atoms with E-state index in [1.807, 2.05) is 36.4 Å². The summed E-state index contributed by atoms with van der Waals surface area (Å²) in [5, 5.41) is 4.14. The van der Waals surface area contributed by atoms with Crippen LogP contribution < -0.4 is 14.8 Å². The third-order valence-corrected chi connectivity index (χ3v) is 4.10. The lowest BCUT2D eigenvalue weighted by Gasteiger charge is -2.18. The monoisotopic (exact) mass is 369 g/mol. The van der Waals surface area contributed by atoms with Crippen molar-refractivity contribution in [3.05, 3.63) is 51.5 Å². The predicted octanol–water partition coefficient (Wildman–Crippen LogP) is 5.29. The fourth-order valence-electron chi connectivity index (χ4n) is 2.05. The summed E-state index contributed by atoms with van der Waals surface area (Å²) in [6.45, 7) is 2.09. The fraction of sp³-hybridized carbons (Fsp3) is 0.250. The summed E-state index contributed by atoms with van der Waals surface area (Å²) in [5.41, 5.74) is 2.09. The molecule has 0 spiro atoms. The zero-order chi connectivity index (χ0) is 15.4. The van der Waals surface area contributed by atoms with Crippen molar-refractivity contribution >= 4 is 33.2 Å². The van der Waals surface area contributed by atoms with Crippen LogP contribution in [-0.4, -0.2) is 14.2 Å². The van der Waals surface area contributed by atoms with Gasteiger partial charge in [0.25, 0.3) is 0 Å². The lowest BCUT2D eigenvalue weighted by molar-refractivity contribution is 0.354. The van der Waals surface area contributed by atoms with Crippen LogP contribution in [-0.2, 0) is 0 Å². The molecule has 2 rings (SSSR count). The fourth-order valence-corrected chi connectivity index (χ4v) is 2.84. The molecule has 1 atom stereocenters. The van der Waals surface area contributed by atoms with E-state index in [1.54, 1.807) is 14.2 Å². The van der Waals surface area contributed by atoms with Crippen molar-refractivity contribution in [2.75, 3.05) is 19.5 Å². The zero-order valence-electron chi connectivity index (χ0n) is 12.1. The molecule has 0 aromatic heterocycles. The Kier molecular flexibility index (Phi) is 5.37. The molecule has 0 fully saturated rings. The highest BCUT2D eigenvalue weighted by atomic mass is 79.9. The minimum Gasteiger partial charge on any atom is -0.493 e. The number of anilines is 1. The van der Waals surface area contributed by atoms with Crippen LogP contribution in [0.3, 0.4) is 0 Å². The van der Waals surface area contributed by atoms with Crippen LogP contribution in [0.4, 0.5) is 5.69 Å². The topological polar surface area (TPSA) is 30.5 Å². The third-order valence-electron chi connectivity index (χ3n) is 3.21. The van der Waals surface area contributed by atoms with Gasteiger partial charge in [0, 0.05) is 21.2 Å². The quantitative estimate of drug-likeness (QED) is 0.775. The summed E-state index contributed by atoms with van der Waals surface area (Å²) in [7, 11) is 3.26. The van der Waals surface area contributed by atoms with E-state index in [1.165, 1.54) is 0 Å². The normalized spacial score (nSPS) is 11.9. The molecule has 0 saturated carbocycles. The lowest BCUT2D eigenvalue weighted by Crippen LogP contribution is -2.07. The molecule has 5 heteroatoms. The third kappa shape index (κ3) is 3.83. The van der Waals surface area contributed by atoms with Crippen molar-refractivity contribution in [2.24, 2.45) is 0 Å². The predicted molar refractivity (Wildman–Crippen MR) is 90.7 cm³/mol. The molecular formula is C16H17BrClNO2. The number of methoxy groups -OCH3 is 2. The smallest absolute Gasteiger partial charge is 0.161 e. The highest BCUT2D eigenvalue weighted by molar-refractivity contribution is 9.10. The van der Waals surface area contributed by atoms with Crippen molar-refractivity contribution in [3.63, 3.8) is 0 Å². The van der Waals surface area contributed by atoms with Gasteiger partial charge in [-0.05, 0) is 58.7 Å². The molecule has 0 aliphatic heterocycles. The summed E-state index contributed by atoms with van der Waals surface area (Å²) < 4.78 is 11.5. The number of rotatable bonds is 5. The van der Waals surface area contributed by atoms with E-state index in [0.29, 0.717) is 5.02 Å². The van der Waals surface area contributed by atoms with Crippen molar-refractivity contribution in [3.8, 4) is 11.5 Å². The first-order valence-electron chi connectivity index (χ1n) is 6.48. The second kappa shape index (κ2) is 7.05. The van der Waals surface area contributed by atoms with Crippen LogP contribution in [0, 0.1) is 0 Å². The Morgan fingerprint density at radius 2 is 1.76 bits per heavy atom. The van der Waals surface area contributed by atoms with Crippen LogP contribution >= 0.6 is 27.5 Å². The molecule has 1 N–H and O–H groups in total. The van der Waals surface area contributed by atoms with E-state index < -0.39 is 0 Å². The maximum Gasteiger partial charge on any atom is 0.161 e. The van der Waals surface area contributed by atoms with E-state index in [2.05, 4.69) is 28.2 Å². The van der Waals surface area contributed by atoms with Crippen molar-refractivity contribution in [1.82, 2.24) is 0 Å². The van der Waals surface area contributed by atoms with Gasteiger partial charge in [-0.1, -0.05) is 17.7 Å². The van der Waals surface area contributed by atoms with Gasteiger partial charge in [0.05, 0.1) is 14.2 Å². The first-order valence-corrected chi connectivity index (χ1v) is 7.65. The minimum absolute atomic E-state index is 0.113. The second-order valence-electron chi connectivity index (χ2n) is 4.60. The molecule has 112 valence electrons. The number of halogens is 2. The molecule has 2 aromatic carbocycles. The number of benzene rings is 2. The Morgan fingerprint density at radius 1 is 1.05 bits per heavy atom. The summed E-state index contributed by atoms with van der Waals surface area (Å²) in [6, 6.07) is 11.7. The lowest BCUT2D eigenvalue weighted by atomic mass is 10.1. The van der Waals surface area contributed by atoms with Gasteiger partial charge in [0.2, 0.25) is 0 Å². The molecular weight excluding hydrogens is 354 g/mol. The number of hydrogen-bond acceptors (Lipinski definition) is 3. The van der Waals surface area contributed by atoms with Gasteiger partial charge in [-0.2, -0.15) is 0 Å². The Balaban J connectivity index is 2.21. The summed E-state index contributed by atoms with van der Waals surface area (Å²) in [5.74, 6) is 1.44. The molecule has 1 unspecified atom stereocenters. The van der Waals surface area contributed by atoms with Gasteiger partial charge in [0.15, 0.2) is 11.5 Å². The zero-order valence-corrected chi connectivity index (χ0v) is 14.5. The first-order chi connectivity index (χ1) is 10.0. The van der Waals surface area contributed by atoms with Gasteiger partial charge < -0.3 is 14.8 Å². The summed E-state index contributed by atoms with van der Waals surface area (Å²) in [6.07, 6.45) is 0. The van der Waals surface area contributed by atoms with E-state index in [9.17, 15) is 0 Å². The van der Waals surface area contributed by atoms with Crippen molar-refractivity contribution in [1.29, 1.82) is 0 Å². The van der Waals surface area contributed by atoms with Gasteiger partial charge in [-0.25, -0.2) is 0 Å². The molecule has 0 bridgehead atoms. The molecule has 0 amide bonds. The number of nitrogens with one attached hydrogen (secondary N) is 1. The maximum atomic E-state index is 5.96. The van der Waals surface area contributed by atoms with E-state index in [0.717, 1.165) is 27.2 Å². The van der Waals surface area contributed by atoms with Crippen LogP contribution in [0.5, 0.6) is 11.5 Å². The molecule has 3 nitrogen and oxygen atoms in total. The number of hydrogen-bond donors (Lipinski definition) is 1. The molecule has 0 aliphatic carbocycles. The second-order valence-corrected chi connectivity index (χ2v) is 5.90. The van der Waals surface area contributed by atoms with Crippen LogP contribution in [0.2, 0.25) is 5.02 Å². The summed E-state index contributed by atoms with van der Waals surface area (Å²) >= 11 is 9.46. The molecule has 2 aromatic rings. The molecule has 0 radical (unpaired) electrons. The minimum atomic E-state index is 0.113. The largest absolute Gasteiger partial charge is 0.493 e. The average molecular weight is 371 g/mol. The van der Waals surface area contributed by atoms with Crippen LogP contribution in [0.15, 0.2) is 40.9 Å². The standard InChI is InChI=1S/C16H17BrClNO2/c1-10(19-14-6-5-12(18)9-13(14)17)11-4-7-15(20-2)16(8-11)21-3/h4-10,19H,1-3H3. The molecule has 0 aliphatic rings. The Hall–Kier alpha value is -1.39. The van der Waals surface area contributed by atoms with Gasteiger partial charge >= 0.3 is 0 Å². The van der Waals surface area contributed by atoms with Gasteiger partial charge in [-0.15, -0.1) is 0 Å². The van der Waals surface area contributed by atoms with Crippen molar-refractivity contribution in [2.45, 2.75) is 13.0 Å². The Labute approximate surface area is 138 Å². The van der Waals surface area contributed by atoms with E-state index in [4.69, 9.17) is 21.1 Å². The van der Waals surface area contributed by atoms with E-state index in [-0.39, 0.29) is 6.04 Å². The molecule has 0 heterocycles. The Bertz CT molecular complexity index is 634. The van der Waals surface area contributed by atoms with E-state index >= 15 is 0 Å². The van der Waals surface area contributed by atoms with Crippen molar-refractivity contribution < 1.29 is 9.47 Å². The maximum absolute atomic E-state index is 5.96. The van der Waals surface area contributed by atoms with Crippen LogP contribution in [0.25, 0.3) is 0 Å². The highest BCUT2D eigenvalue weighted by Gasteiger charge is 2.11. The molecule has 21 heavy (non-hydrogen) atoms. The highest BCUT2D eigenvalue weighted by Crippen LogP contribution is 2.33. The average Bonchev–Trinajstić information content (AvgIpc) is 2.49. The SMILES string of the molecule is COc1ccc(C(C)Nc2ccc(Cl)cc2Br)cc1OC. The Morgan fingerprint density at radius 3 is 2.38 bits per heavy atom. The molecule has 0 saturated heterocycles. The number of ether oxygens (including phenoxy) is 2. The summed E-state index contributed by atoms with van der Waals surface area (Å²) in [4.78, 5) is 0. The van der Waals surface area contributed by atoms with Gasteiger partial charge in [-0.3, -0.25) is 0 Å². The van der Waals surface area contributed by atoms with Gasteiger partial charge in [0.1, 0.15) is 0 Å². The van der Waals surface area contributed by atoms with Crippen LogP contribution in [0.1, 0.15) is 18.5 Å². The first kappa shape index (κ1) is 16.0.